The van der Waals surface area contributed by atoms with E-state index in [0.29, 0.717) is 34.0 Å². The van der Waals surface area contributed by atoms with Gasteiger partial charge in [-0.05, 0) is 68.0 Å². The zero-order valence-electron chi connectivity index (χ0n) is 21.6. The number of fused-ring (bicyclic) bond motifs is 1. The highest BCUT2D eigenvalue weighted by Crippen LogP contribution is 2.36. The van der Waals surface area contributed by atoms with Crippen LogP contribution in [0.25, 0.3) is 22.3 Å². The molecule has 1 fully saturated rings. The molecule has 2 N–H and O–H groups in total. The second-order valence-corrected chi connectivity index (χ2v) is 9.88. The molecule has 5 rings (SSSR count). The van der Waals surface area contributed by atoms with E-state index in [1.54, 1.807) is 6.07 Å². The molecule has 0 unspecified atom stereocenters. The van der Waals surface area contributed by atoms with Crippen LogP contribution < -0.4 is 14.8 Å². The van der Waals surface area contributed by atoms with Crippen LogP contribution in [-0.4, -0.2) is 38.2 Å². The minimum absolute atomic E-state index is 0.00606. The first-order chi connectivity index (χ1) is 19.0. The lowest BCUT2D eigenvalue weighted by Crippen LogP contribution is -2.31. The van der Waals surface area contributed by atoms with Gasteiger partial charge in [-0.1, -0.05) is 36.2 Å². The summed E-state index contributed by atoms with van der Waals surface area (Å²) in [4.78, 5) is 19.9. The van der Waals surface area contributed by atoms with Crippen molar-refractivity contribution in [1.82, 2.24) is 14.5 Å². The largest absolute Gasteiger partial charge is 0.573 e. The quantitative estimate of drug-likeness (QED) is 0.175. The van der Waals surface area contributed by atoms with Crippen molar-refractivity contribution in [1.29, 1.82) is 0 Å². The fraction of sp³-hybridized carbons (Fsp3) is 0.321. The number of alkyl halides is 3. The van der Waals surface area contributed by atoms with E-state index in [1.165, 1.54) is 6.07 Å². The SMILES string of the molecule is Cc1cccc(-c2cc3nc(OC(=O)O)nc(N[C@H](C)C4CCC4)c3n2Cc2ccc(OC(F)(F)F)c(F)c2)c1. The monoisotopic (exact) mass is 558 g/mol. The number of ether oxygens (including phenoxy) is 2. The first kappa shape index (κ1) is 27.2. The second kappa shape index (κ2) is 10.7. The Morgan fingerprint density at radius 2 is 1.95 bits per heavy atom. The zero-order valence-corrected chi connectivity index (χ0v) is 21.6. The molecule has 0 spiro atoms. The molecule has 210 valence electrons. The summed E-state index contributed by atoms with van der Waals surface area (Å²) in [5.74, 6) is -1.35. The molecule has 0 aliphatic heterocycles. The highest BCUT2D eigenvalue weighted by atomic mass is 19.4. The molecule has 1 aliphatic carbocycles. The molecule has 0 bridgehead atoms. The van der Waals surface area contributed by atoms with Gasteiger partial charge in [0, 0.05) is 12.6 Å². The predicted octanol–water partition coefficient (Wildman–Crippen LogP) is 7.15. The first-order valence-corrected chi connectivity index (χ1v) is 12.7. The summed E-state index contributed by atoms with van der Waals surface area (Å²) in [6.45, 7) is 3.99. The van der Waals surface area contributed by atoms with Crippen LogP contribution in [0, 0.1) is 18.7 Å². The van der Waals surface area contributed by atoms with Crippen molar-refractivity contribution in [2.45, 2.75) is 52.1 Å². The van der Waals surface area contributed by atoms with Crippen LogP contribution in [-0.2, 0) is 6.54 Å². The number of carbonyl (C=O) groups is 1. The molecule has 2 aromatic heterocycles. The number of nitrogens with one attached hydrogen (secondary N) is 1. The average Bonchev–Trinajstić information content (AvgIpc) is 3.17. The van der Waals surface area contributed by atoms with Crippen LogP contribution >= 0.6 is 0 Å². The minimum Gasteiger partial charge on any atom is -0.449 e. The number of halogens is 4. The number of benzene rings is 2. The van der Waals surface area contributed by atoms with Crippen LogP contribution in [0.4, 0.5) is 28.2 Å². The van der Waals surface area contributed by atoms with Gasteiger partial charge >= 0.3 is 18.5 Å². The first-order valence-electron chi connectivity index (χ1n) is 12.7. The fourth-order valence-electron chi connectivity index (χ4n) is 4.88. The predicted molar refractivity (Wildman–Crippen MR) is 139 cm³/mol. The average molecular weight is 559 g/mol. The van der Waals surface area contributed by atoms with Crippen molar-refractivity contribution < 1.29 is 36.9 Å². The lowest BCUT2D eigenvalue weighted by Gasteiger charge is -2.32. The minimum atomic E-state index is -5.03. The molecule has 0 radical (unpaired) electrons. The summed E-state index contributed by atoms with van der Waals surface area (Å²) in [7, 11) is 0. The van der Waals surface area contributed by atoms with Crippen molar-refractivity contribution in [3.05, 3.63) is 65.5 Å². The van der Waals surface area contributed by atoms with Gasteiger partial charge < -0.3 is 24.5 Å². The molecule has 2 aromatic carbocycles. The van der Waals surface area contributed by atoms with Crippen LogP contribution in [0.2, 0.25) is 0 Å². The third-order valence-corrected chi connectivity index (χ3v) is 7.00. The standard InChI is InChI=1S/C28H26F4N4O4/c1-15-5-3-8-19(11-15)22-13-21-24(36(22)14-17-9-10-23(20(29)12-17)40-28(30,31)32)25(33-16(2)18-6-4-7-18)35-26(34-21)39-27(37)38/h3,5,8-13,16,18H,4,6-7,14H2,1-2H3,(H,37,38)(H,33,34,35)/t16-/m1/s1. The van der Waals surface area contributed by atoms with E-state index in [1.807, 2.05) is 42.7 Å². The molecule has 0 amide bonds. The van der Waals surface area contributed by atoms with E-state index in [0.717, 1.165) is 42.5 Å². The molecule has 8 nitrogen and oxygen atoms in total. The molecule has 4 aromatic rings. The number of hydrogen-bond acceptors (Lipinski definition) is 6. The van der Waals surface area contributed by atoms with Gasteiger partial charge in [-0.2, -0.15) is 9.97 Å². The Balaban J connectivity index is 1.66. The van der Waals surface area contributed by atoms with Gasteiger partial charge in [0.25, 0.3) is 0 Å². The Bertz CT molecular complexity index is 1570. The highest BCUT2D eigenvalue weighted by molar-refractivity contribution is 5.92. The van der Waals surface area contributed by atoms with Crippen LogP contribution in [0.1, 0.15) is 37.3 Å². The van der Waals surface area contributed by atoms with E-state index in [4.69, 9.17) is 4.74 Å². The van der Waals surface area contributed by atoms with Crippen LogP contribution in [0.5, 0.6) is 11.8 Å². The molecule has 40 heavy (non-hydrogen) atoms. The maximum Gasteiger partial charge on any atom is 0.573 e. The van der Waals surface area contributed by atoms with Gasteiger partial charge in [-0.3, -0.25) is 0 Å². The van der Waals surface area contributed by atoms with Gasteiger partial charge in [0.05, 0.1) is 11.2 Å². The van der Waals surface area contributed by atoms with Crippen LogP contribution in [0.3, 0.4) is 0 Å². The number of nitrogens with zero attached hydrogens (tertiary/aromatic N) is 3. The zero-order chi connectivity index (χ0) is 28.6. The third kappa shape index (κ3) is 5.95. The smallest absolute Gasteiger partial charge is 0.449 e. The van der Waals surface area contributed by atoms with Crippen LogP contribution in [0.15, 0.2) is 48.5 Å². The number of rotatable bonds is 8. The van der Waals surface area contributed by atoms with E-state index in [9.17, 15) is 27.5 Å². The molecule has 1 aliphatic rings. The maximum atomic E-state index is 14.6. The van der Waals surface area contributed by atoms with Gasteiger partial charge in [0.15, 0.2) is 17.4 Å². The maximum absolute atomic E-state index is 14.6. The topological polar surface area (TPSA) is 98.5 Å². The van der Waals surface area contributed by atoms with E-state index in [2.05, 4.69) is 20.0 Å². The second-order valence-electron chi connectivity index (χ2n) is 9.88. The van der Waals surface area contributed by atoms with E-state index in [-0.39, 0.29) is 18.6 Å². The summed E-state index contributed by atoms with van der Waals surface area (Å²) in [6.07, 6.45) is -3.38. The number of anilines is 1. The number of aromatic nitrogens is 3. The Labute approximate surface area is 226 Å². The van der Waals surface area contributed by atoms with Crippen molar-refractivity contribution >= 4 is 23.0 Å². The van der Waals surface area contributed by atoms with Gasteiger partial charge in [0.2, 0.25) is 0 Å². The molecule has 1 atom stereocenters. The summed E-state index contributed by atoms with van der Waals surface area (Å²) < 4.78 is 63.0. The number of carboxylic acid groups (broad SMARTS) is 1. The lowest BCUT2D eigenvalue weighted by molar-refractivity contribution is -0.275. The molecule has 2 heterocycles. The summed E-state index contributed by atoms with van der Waals surface area (Å²) in [6, 6.07) is 12.3. The fourth-order valence-corrected chi connectivity index (χ4v) is 4.88. The van der Waals surface area contributed by atoms with Gasteiger partial charge in [0.1, 0.15) is 5.52 Å². The van der Waals surface area contributed by atoms with Crippen molar-refractivity contribution in [2.75, 3.05) is 5.32 Å². The van der Waals surface area contributed by atoms with E-state index >= 15 is 0 Å². The lowest BCUT2D eigenvalue weighted by atomic mass is 9.80. The van der Waals surface area contributed by atoms with Crippen molar-refractivity contribution in [2.24, 2.45) is 5.92 Å². The summed E-state index contributed by atoms with van der Waals surface area (Å²) in [5, 5.41) is 12.6. The van der Waals surface area contributed by atoms with Crippen molar-refractivity contribution in [3.8, 4) is 23.0 Å². The van der Waals surface area contributed by atoms with Gasteiger partial charge in [-0.25, -0.2) is 9.18 Å². The number of hydrogen-bond donors (Lipinski definition) is 2. The van der Waals surface area contributed by atoms with Gasteiger partial charge in [-0.15, -0.1) is 13.2 Å². The highest BCUT2D eigenvalue weighted by Gasteiger charge is 2.32. The van der Waals surface area contributed by atoms with Crippen molar-refractivity contribution in [3.63, 3.8) is 0 Å². The Hall–Kier alpha value is -4.35. The summed E-state index contributed by atoms with van der Waals surface area (Å²) in [5.41, 5.74) is 3.69. The summed E-state index contributed by atoms with van der Waals surface area (Å²) >= 11 is 0. The molecular weight excluding hydrogens is 532 g/mol. The van der Waals surface area contributed by atoms with E-state index < -0.39 is 24.1 Å². The molecule has 12 heteroatoms. The third-order valence-electron chi connectivity index (χ3n) is 7.00. The number of aryl methyl sites for hydroxylation is 1. The molecule has 1 saturated carbocycles. The Morgan fingerprint density at radius 3 is 2.58 bits per heavy atom. The molecular formula is C28H26F4N4O4. The Morgan fingerprint density at radius 1 is 1.18 bits per heavy atom. The Kier molecular flexibility index (Phi) is 7.26. The normalized spacial score (nSPS) is 14.6. The molecule has 0 saturated heterocycles.